The van der Waals surface area contributed by atoms with Crippen molar-refractivity contribution in [1.29, 1.82) is 0 Å². The molecular formula is C17H18FNO2. The molecule has 0 aliphatic heterocycles. The highest BCUT2D eigenvalue weighted by molar-refractivity contribution is 5.78. The van der Waals surface area contributed by atoms with Crippen molar-refractivity contribution in [1.82, 2.24) is 5.32 Å². The van der Waals surface area contributed by atoms with Crippen molar-refractivity contribution >= 4 is 5.91 Å². The lowest BCUT2D eigenvalue weighted by Crippen LogP contribution is -2.31. The van der Waals surface area contributed by atoms with Gasteiger partial charge in [0.25, 0.3) is 5.91 Å². The molecule has 1 atom stereocenters. The molecule has 0 bridgehead atoms. The number of nitrogens with one attached hydrogen (secondary N) is 1. The molecule has 0 aromatic heterocycles. The first kappa shape index (κ1) is 15.0. The predicted octanol–water partition coefficient (Wildman–Crippen LogP) is 3.39. The SMILES string of the molecule is Cc1ccccc1OCC(=O)NC(C)c1ccc(F)cc1. The number of carbonyl (C=O) groups excluding carboxylic acids is 1. The number of ether oxygens (including phenoxy) is 1. The van der Waals surface area contributed by atoms with Crippen molar-refractivity contribution in [3.63, 3.8) is 0 Å². The Balaban J connectivity index is 1.87. The van der Waals surface area contributed by atoms with Crippen molar-refractivity contribution in [3.05, 3.63) is 65.5 Å². The van der Waals surface area contributed by atoms with Crippen LogP contribution in [0.25, 0.3) is 0 Å². The number of carbonyl (C=O) groups is 1. The number of hydrogen-bond donors (Lipinski definition) is 1. The van der Waals surface area contributed by atoms with Crippen LogP contribution < -0.4 is 10.1 Å². The summed E-state index contributed by atoms with van der Waals surface area (Å²) in [6.45, 7) is 3.73. The average Bonchev–Trinajstić information content (AvgIpc) is 2.47. The van der Waals surface area contributed by atoms with Crippen molar-refractivity contribution in [2.75, 3.05) is 6.61 Å². The first-order chi connectivity index (χ1) is 10.1. The summed E-state index contributed by atoms with van der Waals surface area (Å²) in [5, 5.41) is 2.82. The fourth-order valence-electron chi connectivity index (χ4n) is 1.98. The topological polar surface area (TPSA) is 38.3 Å². The molecule has 0 spiro atoms. The molecule has 0 saturated heterocycles. The van der Waals surface area contributed by atoms with Gasteiger partial charge < -0.3 is 10.1 Å². The lowest BCUT2D eigenvalue weighted by Gasteiger charge is -2.15. The Morgan fingerprint density at radius 2 is 1.86 bits per heavy atom. The Labute approximate surface area is 123 Å². The Hall–Kier alpha value is -2.36. The largest absolute Gasteiger partial charge is 0.484 e. The first-order valence-electron chi connectivity index (χ1n) is 6.79. The van der Waals surface area contributed by atoms with E-state index in [-0.39, 0.29) is 24.4 Å². The minimum Gasteiger partial charge on any atom is -0.484 e. The lowest BCUT2D eigenvalue weighted by molar-refractivity contribution is -0.123. The molecule has 1 amide bonds. The van der Waals surface area contributed by atoms with E-state index < -0.39 is 0 Å². The number of aryl methyl sites for hydroxylation is 1. The fourth-order valence-corrected chi connectivity index (χ4v) is 1.98. The van der Waals surface area contributed by atoms with E-state index in [4.69, 9.17) is 4.74 Å². The molecule has 21 heavy (non-hydrogen) atoms. The van der Waals surface area contributed by atoms with E-state index in [9.17, 15) is 9.18 Å². The summed E-state index contributed by atoms with van der Waals surface area (Å²) < 4.78 is 18.3. The summed E-state index contributed by atoms with van der Waals surface area (Å²) in [4.78, 5) is 11.9. The zero-order chi connectivity index (χ0) is 15.2. The van der Waals surface area contributed by atoms with E-state index in [0.29, 0.717) is 5.75 Å². The predicted molar refractivity (Wildman–Crippen MR) is 79.6 cm³/mol. The molecule has 0 radical (unpaired) electrons. The maximum absolute atomic E-state index is 12.9. The summed E-state index contributed by atoms with van der Waals surface area (Å²) in [5.74, 6) is 0.192. The van der Waals surface area contributed by atoms with Crippen LogP contribution in [0.2, 0.25) is 0 Å². The molecule has 1 N–H and O–H groups in total. The van der Waals surface area contributed by atoms with Gasteiger partial charge in [-0.25, -0.2) is 4.39 Å². The molecule has 2 rings (SSSR count). The number of benzene rings is 2. The highest BCUT2D eigenvalue weighted by Gasteiger charge is 2.10. The smallest absolute Gasteiger partial charge is 0.258 e. The molecule has 110 valence electrons. The van der Waals surface area contributed by atoms with Crippen LogP contribution in [0.15, 0.2) is 48.5 Å². The Morgan fingerprint density at radius 1 is 1.19 bits per heavy atom. The third-order valence-electron chi connectivity index (χ3n) is 3.20. The molecule has 4 heteroatoms. The Kier molecular flexibility index (Phi) is 4.93. The van der Waals surface area contributed by atoms with Crippen LogP contribution in [-0.2, 0) is 4.79 Å². The van der Waals surface area contributed by atoms with Crippen LogP contribution in [0.1, 0.15) is 24.1 Å². The minimum absolute atomic E-state index is 0.0452. The summed E-state index contributed by atoms with van der Waals surface area (Å²) in [6, 6.07) is 13.4. The quantitative estimate of drug-likeness (QED) is 0.915. The van der Waals surface area contributed by atoms with Gasteiger partial charge in [0.05, 0.1) is 6.04 Å². The highest BCUT2D eigenvalue weighted by Crippen LogP contribution is 2.16. The second-order valence-corrected chi connectivity index (χ2v) is 4.89. The molecule has 0 saturated carbocycles. The number of rotatable bonds is 5. The summed E-state index contributed by atoms with van der Waals surface area (Å²) in [6.07, 6.45) is 0. The van der Waals surface area contributed by atoms with E-state index in [2.05, 4.69) is 5.32 Å². The van der Waals surface area contributed by atoms with Gasteiger partial charge in [-0.05, 0) is 43.2 Å². The van der Waals surface area contributed by atoms with Gasteiger partial charge >= 0.3 is 0 Å². The molecule has 3 nitrogen and oxygen atoms in total. The van der Waals surface area contributed by atoms with E-state index >= 15 is 0 Å². The molecule has 0 heterocycles. The third kappa shape index (κ3) is 4.31. The zero-order valence-corrected chi connectivity index (χ0v) is 12.1. The van der Waals surface area contributed by atoms with Gasteiger partial charge in [0, 0.05) is 0 Å². The Bertz CT molecular complexity index is 610. The number of halogens is 1. The van der Waals surface area contributed by atoms with Crippen LogP contribution in [0.4, 0.5) is 4.39 Å². The van der Waals surface area contributed by atoms with Gasteiger partial charge in [0.2, 0.25) is 0 Å². The maximum Gasteiger partial charge on any atom is 0.258 e. The van der Waals surface area contributed by atoms with Crippen molar-refractivity contribution in [3.8, 4) is 5.75 Å². The van der Waals surface area contributed by atoms with Crippen LogP contribution in [-0.4, -0.2) is 12.5 Å². The second kappa shape index (κ2) is 6.88. The number of hydrogen-bond acceptors (Lipinski definition) is 2. The fraction of sp³-hybridized carbons (Fsp3) is 0.235. The third-order valence-corrected chi connectivity index (χ3v) is 3.20. The minimum atomic E-state index is -0.292. The van der Waals surface area contributed by atoms with Gasteiger partial charge in [-0.1, -0.05) is 30.3 Å². The second-order valence-electron chi connectivity index (χ2n) is 4.89. The molecule has 2 aromatic rings. The lowest BCUT2D eigenvalue weighted by atomic mass is 10.1. The molecule has 2 aromatic carbocycles. The van der Waals surface area contributed by atoms with Crippen LogP contribution in [0.3, 0.4) is 0 Å². The summed E-state index contributed by atoms with van der Waals surface area (Å²) >= 11 is 0. The monoisotopic (exact) mass is 287 g/mol. The first-order valence-corrected chi connectivity index (χ1v) is 6.79. The summed E-state index contributed by atoms with van der Waals surface area (Å²) in [7, 11) is 0. The van der Waals surface area contributed by atoms with Gasteiger partial charge in [-0.3, -0.25) is 4.79 Å². The van der Waals surface area contributed by atoms with Crippen LogP contribution in [0.5, 0.6) is 5.75 Å². The normalized spacial score (nSPS) is 11.8. The summed E-state index contributed by atoms with van der Waals surface area (Å²) in [5.41, 5.74) is 1.83. The van der Waals surface area contributed by atoms with Crippen molar-refractivity contribution in [2.45, 2.75) is 19.9 Å². The molecule has 0 fully saturated rings. The van der Waals surface area contributed by atoms with Gasteiger partial charge in [-0.2, -0.15) is 0 Å². The maximum atomic E-state index is 12.9. The van der Waals surface area contributed by atoms with E-state index in [1.165, 1.54) is 12.1 Å². The van der Waals surface area contributed by atoms with Crippen LogP contribution in [0, 0.1) is 12.7 Å². The molecular weight excluding hydrogens is 269 g/mol. The van der Waals surface area contributed by atoms with Gasteiger partial charge in [0.1, 0.15) is 11.6 Å². The van der Waals surface area contributed by atoms with E-state index in [0.717, 1.165) is 11.1 Å². The van der Waals surface area contributed by atoms with E-state index in [1.54, 1.807) is 12.1 Å². The standard InChI is InChI=1S/C17H18FNO2/c1-12-5-3-4-6-16(12)21-11-17(20)19-13(2)14-7-9-15(18)10-8-14/h3-10,13H,11H2,1-2H3,(H,19,20). The van der Waals surface area contributed by atoms with Crippen LogP contribution >= 0.6 is 0 Å². The Morgan fingerprint density at radius 3 is 2.52 bits per heavy atom. The zero-order valence-electron chi connectivity index (χ0n) is 12.1. The number of amides is 1. The molecule has 0 aliphatic rings. The molecule has 1 unspecified atom stereocenters. The number of para-hydroxylation sites is 1. The average molecular weight is 287 g/mol. The highest BCUT2D eigenvalue weighted by atomic mass is 19.1. The van der Waals surface area contributed by atoms with Gasteiger partial charge in [-0.15, -0.1) is 0 Å². The van der Waals surface area contributed by atoms with Crippen molar-refractivity contribution < 1.29 is 13.9 Å². The van der Waals surface area contributed by atoms with Crippen molar-refractivity contribution in [2.24, 2.45) is 0 Å². The molecule has 0 aliphatic carbocycles. The van der Waals surface area contributed by atoms with E-state index in [1.807, 2.05) is 38.1 Å². The van der Waals surface area contributed by atoms with Gasteiger partial charge in [0.15, 0.2) is 6.61 Å².